The van der Waals surface area contributed by atoms with Crippen LogP contribution in [0.25, 0.3) is 0 Å². The first-order valence-corrected chi connectivity index (χ1v) is 9.47. The maximum absolute atomic E-state index is 6.27. The predicted octanol–water partition coefficient (Wildman–Crippen LogP) is 2.83. The lowest BCUT2D eigenvalue weighted by Gasteiger charge is -2.20. The molecule has 1 aromatic carbocycles. The standard InChI is InChI=1S/C20H26ClN5O/c1-22-20(24-12-15-6-3-4-7-16(15)14-27-2)25-17-9-11-26(13-17)19-18(21)8-5-10-23-19/h3-8,10,17H,9,11-14H2,1-2H3,(H2,22,24,25). The Hall–Kier alpha value is -2.31. The quantitative estimate of drug-likeness (QED) is 0.589. The number of hydrogen-bond donors (Lipinski definition) is 2. The van der Waals surface area contributed by atoms with Gasteiger partial charge in [-0.05, 0) is 29.7 Å². The van der Waals surface area contributed by atoms with Crippen LogP contribution in [-0.4, -0.2) is 44.2 Å². The van der Waals surface area contributed by atoms with Gasteiger partial charge in [0.1, 0.15) is 5.82 Å². The number of aliphatic imine (C=N–C) groups is 1. The summed E-state index contributed by atoms with van der Waals surface area (Å²) < 4.78 is 5.28. The van der Waals surface area contributed by atoms with Gasteiger partial charge in [0.05, 0.1) is 11.6 Å². The van der Waals surface area contributed by atoms with Crippen LogP contribution >= 0.6 is 11.6 Å². The number of pyridine rings is 1. The van der Waals surface area contributed by atoms with Crippen LogP contribution in [0.1, 0.15) is 17.5 Å². The summed E-state index contributed by atoms with van der Waals surface area (Å²) >= 11 is 6.27. The predicted molar refractivity (Wildman–Crippen MR) is 110 cm³/mol. The smallest absolute Gasteiger partial charge is 0.191 e. The number of halogens is 1. The van der Waals surface area contributed by atoms with E-state index in [1.165, 1.54) is 11.1 Å². The topological polar surface area (TPSA) is 61.8 Å². The van der Waals surface area contributed by atoms with Gasteiger partial charge in [0.15, 0.2) is 5.96 Å². The highest BCUT2D eigenvalue weighted by Gasteiger charge is 2.25. The van der Waals surface area contributed by atoms with Gasteiger partial charge in [-0.25, -0.2) is 4.98 Å². The van der Waals surface area contributed by atoms with Crippen molar-refractivity contribution < 1.29 is 4.74 Å². The van der Waals surface area contributed by atoms with Gasteiger partial charge in [-0.15, -0.1) is 0 Å². The van der Waals surface area contributed by atoms with E-state index < -0.39 is 0 Å². The Bertz CT molecular complexity index is 782. The molecule has 144 valence electrons. The van der Waals surface area contributed by atoms with Crippen molar-refractivity contribution in [3.05, 3.63) is 58.7 Å². The second-order valence-corrected chi connectivity index (χ2v) is 6.92. The monoisotopic (exact) mass is 387 g/mol. The number of guanidine groups is 1. The van der Waals surface area contributed by atoms with Gasteiger partial charge in [0.25, 0.3) is 0 Å². The van der Waals surface area contributed by atoms with Crippen molar-refractivity contribution in [2.45, 2.75) is 25.6 Å². The Morgan fingerprint density at radius 2 is 2.11 bits per heavy atom. The fraction of sp³-hybridized carbons (Fsp3) is 0.400. The number of hydrogen-bond acceptors (Lipinski definition) is 4. The normalized spacial score (nSPS) is 17.2. The molecule has 6 nitrogen and oxygen atoms in total. The minimum atomic E-state index is 0.295. The van der Waals surface area contributed by atoms with Crippen LogP contribution in [0.3, 0.4) is 0 Å². The first-order valence-electron chi connectivity index (χ1n) is 9.09. The maximum atomic E-state index is 6.27. The van der Waals surface area contributed by atoms with Crippen molar-refractivity contribution in [2.24, 2.45) is 4.99 Å². The molecular formula is C20H26ClN5O. The van der Waals surface area contributed by atoms with Crippen LogP contribution in [-0.2, 0) is 17.9 Å². The van der Waals surface area contributed by atoms with Gasteiger partial charge in [0, 0.05) is 46.0 Å². The summed E-state index contributed by atoms with van der Waals surface area (Å²) in [7, 11) is 3.50. The molecule has 27 heavy (non-hydrogen) atoms. The molecular weight excluding hydrogens is 362 g/mol. The van der Waals surface area contributed by atoms with E-state index in [1.54, 1.807) is 20.4 Å². The molecule has 2 N–H and O–H groups in total. The zero-order valence-corrected chi connectivity index (χ0v) is 16.5. The Morgan fingerprint density at radius 1 is 1.30 bits per heavy atom. The van der Waals surface area contributed by atoms with Crippen LogP contribution in [0.2, 0.25) is 5.02 Å². The third-order valence-corrected chi connectivity index (χ3v) is 4.95. The molecule has 1 unspecified atom stereocenters. The first-order chi connectivity index (χ1) is 13.2. The highest BCUT2D eigenvalue weighted by molar-refractivity contribution is 6.32. The molecule has 0 radical (unpaired) electrons. The van der Waals surface area contributed by atoms with E-state index in [1.807, 2.05) is 24.3 Å². The van der Waals surface area contributed by atoms with E-state index in [0.717, 1.165) is 31.3 Å². The molecule has 0 aliphatic carbocycles. The van der Waals surface area contributed by atoms with Crippen LogP contribution in [0, 0.1) is 0 Å². The Balaban J connectivity index is 1.55. The van der Waals surface area contributed by atoms with E-state index >= 15 is 0 Å². The minimum Gasteiger partial charge on any atom is -0.380 e. The number of nitrogens with zero attached hydrogens (tertiary/aromatic N) is 3. The van der Waals surface area contributed by atoms with Crippen molar-refractivity contribution in [3.8, 4) is 0 Å². The third-order valence-electron chi connectivity index (χ3n) is 4.66. The number of nitrogens with one attached hydrogen (secondary N) is 2. The summed E-state index contributed by atoms with van der Waals surface area (Å²) in [5.41, 5.74) is 2.38. The van der Waals surface area contributed by atoms with E-state index in [4.69, 9.17) is 16.3 Å². The molecule has 0 saturated carbocycles. The van der Waals surface area contributed by atoms with Gasteiger partial charge in [-0.2, -0.15) is 0 Å². The second kappa shape index (κ2) is 9.58. The van der Waals surface area contributed by atoms with Crippen LogP contribution < -0.4 is 15.5 Å². The fourth-order valence-corrected chi connectivity index (χ4v) is 3.51. The highest BCUT2D eigenvalue weighted by atomic mass is 35.5. The van der Waals surface area contributed by atoms with Crippen LogP contribution in [0.4, 0.5) is 5.82 Å². The molecule has 1 fully saturated rings. The molecule has 3 rings (SSSR count). The second-order valence-electron chi connectivity index (χ2n) is 6.51. The summed E-state index contributed by atoms with van der Waals surface area (Å²) in [6.45, 7) is 3.06. The van der Waals surface area contributed by atoms with Crippen molar-refractivity contribution in [3.63, 3.8) is 0 Å². The Labute approximate surface area is 165 Å². The molecule has 1 aliphatic heterocycles. The fourth-order valence-electron chi connectivity index (χ4n) is 3.27. The van der Waals surface area contributed by atoms with Gasteiger partial charge >= 0.3 is 0 Å². The minimum absolute atomic E-state index is 0.295. The van der Waals surface area contributed by atoms with Crippen LogP contribution in [0.5, 0.6) is 0 Å². The Kier molecular flexibility index (Phi) is 6.90. The largest absolute Gasteiger partial charge is 0.380 e. The molecule has 1 aliphatic rings. The first kappa shape index (κ1) is 19.5. The summed E-state index contributed by atoms with van der Waals surface area (Å²) in [5, 5.41) is 7.59. The molecule has 7 heteroatoms. The number of ether oxygens (including phenoxy) is 1. The van der Waals surface area contributed by atoms with Crippen molar-refractivity contribution in [1.82, 2.24) is 15.6 Å². The average molecular weight is 388 g/mol. The molecule has 1 atom stereocenters. The zero-order chi connectivity index (χ0) is 19.1. The molecule has 0 amide bonds. The highest BCUT2D eigenvalue weighted by Crippen LogP contribution is 2.25. The summed E-state index contributed by atoms with van der Waals surface area (Å²) in [6.07, 6.45) is 2.79. The van der Waals surface area contributed by atoms with Gasteiger partial charge in [-0.3, -0.25) is 4.99 Å². The molecule has 2 aromatic rings. The van der Waals surface area contributed by atoms with Gasteiger partial charge in [-0.1, -0.05) is 35.9 Å². The molecule has 1 saturated heterocycles. The van der Waals surface area contributed by atoms with E-state index in [2.05, 4.69) is 37.6 Å². The lowest BCUT2D eigenvalue weighted by atomic mass is 10.1. The zero-order valence-electron chi connectivity index (χ0n) is 15.8. The van der Waals surface area contributed by atoms with Crippen molar-refractivity contribution in [1.29, 1.82) is 0 Å². The number of anilines is 1. The molecule has 1 aromatic heterocycles. The van der Waals surface area contributed by atoms with Gasteiger partial charge < -0.3 is 20.3 Å². The lowest BCUT2D eigenvalue weighted by molar-refractivity contribution is 0.184. The number of rotatable bonds is 6. The third kappa shape index (κ3) is 5.11. The van der Waals surface area contributed by atoms with E-state index in [-0.39, 0.29) is 0 Å². The Morgan fingerprint density at radius 3 is 2.85 bits per heavy atom. The van der Waals surface area contributed by atoms with E-state index in [0.29, 0.717) is 24.2 Å². The van der Waals surface area contributed by atoms with Crippen molar-refractivity contribution in [2.75, 3.05) is 32.1 Å². The number of aromatic nitrogens is 1. The number of benzene rings is 1. The maximum Gasteiger partial charge on any atom is 0.191 e. The van der Waals surface area contributed by atoms with Crippen LogP contribution in [0.15, 0.2) is 47.6 Å². The SMILES string of the molecule is CN=C(NCc1ccccc1COC)NC1CCN(c2ncccc2Cl)C1. The summed E-state index contributed by atoms with van der Waals surface area (Å²) in [4.78, 5) is 11.0. The summed E-state index contributed by atoms with van der Waals surface area (Å²) in [6, 6.07) is 12.3. The average Bonchev–Trinajstić information content (AvgIpc) is 3.15. The molecule has 2 heterocycles. The van der Waals surface area contributed by atoms with E-state index in [9.17, 15) is 0 Å². The molecule has 0 bridgehead atoms. The molecule has 0 spiro atoms. The van der Waals surface area contributed by atoms with Gasteiger partial charge in [0.2, 0.25) is 0 Å². The summed E-state index contributed by atoms with van der Waals surface area (Å²) in [5.74, 6) is 1.64. The lowest BCUT2D eigenvalue weighted by Crippen LogP contribution is -2.44. The number of methoxy groups -OCH3 is 1. The van der Waals surface area contributed by atoms with Crippen molar-refractivity contribution >= 4 is 23.4 Å².